The van der Waals surface area contributed by atoms with Crippen molar-refractivity contribution in [2.75, 3.05) is 24.7 Å². The topological polar surface area (TPSA) is 72.9 Å². The van der Waals surface area contributed by atoms with Crippen LogP contribution in [0.3, 0.4) is 0 Å². The highest BCUT2D eigenvalue weighted by molar-refractivity contribution is 6.38. The van der Waals surface area contributed by atoms with Gasteiger partial charge in [-0.25, -0.2) is 9.67 Å². The molecule has 2 heterocycles. The first-order chi connectivity index (χ1) is 13.2. The number of hydrogen-bond acceptors (Lipinski definition) is 5. The van der Waals surface area contributed by atoms with E-state index < -0.39 is 50.5 Å². The van der Waals surface area contributed by atoms with Crippen LogP contribution in [0.15, 0.2) is 12.1 Å². The minimum Gasteiger partial charge on any atom is -0.383 e. The summed E-state index contributed by atoms with van der Waals surface area (Å²) in [5.41, 5.74) is 2.58. The molecule has 0 radical (unpaired) electrons. The lowest BCUT2D eigenvalue weighted by Gasteiger charge is -2.14. The Hall–Kier alpha value is -2.47. The number of fused-ring (bicyclic) bond motifs is 1. The monoisotopic (exact) mass is 458 g/mol. The van der Waals surface area contributed by atoms with Crippen molar-refractivity contribution in [1.29, 1.82) is 0 Å². The highest BCUT2D eigenvalue weighted by atomic mass is 35.5. The van der Waals surface area contributed by atoms with Gasteiger partial charge in [-0.3, -0.25) is 0 Å². The Morgan fingerprint density at radius 3 is 1.97 bits per heavy atom. The zero-order chi connectivity index (χ0) is 21.9. The second-order valence-electron chi connectivity index (χ2n) is 6.05. The molecule has 0 atom stereocenters. The van der Waals surface area contributed by atoms with Crippen LogP contribution in [0, 0.1) is 0 Å². The number of aromatic nitrogens is 4. The minimum absolute atomic E-state index is 0.293. The molecule has 3 rings (SSSR count). The molecule has 0 amide bonds. The largest absolute Gasteiger partial charge is 0.434 e. The van der Waals surface area contributed by atoms with Crippen molar-refractivity contribution in [2.45, 2.75) is 12.4 Å². The number of nitrogen functional groups attached to an aromatic ring is 1. The fourth-order valence-corrected chi connectivity index (χ4v) is 3.15. The molecule has 156 valence electrons. The molecule has 0 aliphatic rings. The third-order valence-corrected chi connectivity index (χ3v) is 4.36. The van der Waals surface area contributed by atoms with Gasteiger partial charge in [-0.05, 0) is 12.1 Å². The summed E-state index contributed by atoms with van der Waals surface area (Å²) < 4.78 is 80.0. The molecular weight excluding hydrogens is 449 g/mol. The van der Waals surface area contributed by atoms with Crippen molar-refractivity contribution in [3.63, 3.8) is 0 Å². The van der Waals surface area contributed by atoms with Gasteiger partial charge in [-0.2, -0.15) is 31.3 Å². The molecule has 1 aromatic carbocycles. The Labute approximate surface area is 168 Å². The maximum atomic E-state index is 13.5. The molecular formula is C15H10Cl2F6N6. The van der Waals surface area contributed by atoms with Crippen LogP contribution in [0.4, 0.5) is 38.1 Å². The van der Waals surface area contributed by atoms with Crippen LogP contribution in [0.2, 0.25) is 10.0 Å². The third-order valence-electron chi connectivity index (χ3n) is 3.78. The first kappa shape index (κ1) is 21.2. The van der Waals surface area contributed by atoms with Crippen molar-refractivity contribution >= 4 is 46.0 Å². The van der Waals surface area contributed by atoms with E-state index in [9.17, 15) is 26.3 Å². The number of hydrogen-bond donors (Lipinski definition) is 1. The molecule has 0 fully saturated rings. The Morgan fingerprint density at radius 2 is 1.52 bits per heavy atom. The average Bonchev–Trinajstić information content (AvgIpc) is 2.88. The number of nitrogens with two attached hydrogens (primary N) is 1. The predicted molar refractivity (Wildman–Crippen MR) is 95.4 cm³/mol. The van der Waals surface area contributed by atoms with Crippen molar-refractivity contribution in [1.82, 2.24) is 19.7 Å². The molecule has 6 nitrogen and oxygen atoms in total. The Balaban J connectivity index is 2.35. The lowest BCUT2D eigenvalue weighted by atomic mass is 10.2. The van der Waals surface area contributed by atoms with E-state index in [-0.39, 0.29) is 11.6 Å². The molecule has 0 aliphatic carbocycles. The van der Waals surface area contributed by atoms with Crippen LogP contribution in [0.25, 0.3) is 16.7 Å². The second kappa shape index (κ2) is 6.80. The summed E-state index contributed by atoms with van der Waals surface area (Å²) in [5, 5.41) is 2.22. The Kier molecular flexibility index (Phi) is 4.98. The summed E-state index contributed by atoms with van der Waals surface area (Å²) in [6.07, 6.45) is -9.64. The van der Waals surface area contributed by atoms with Crippen LogP contribution in [-0.4, -0.2) is 33.8 Å². The van der Waals surface area contributed by atoms with Gasteiger partial charge < -0.3 is 10.6 Å². The average molecular weight is 459 g/mol. The molecule has 2 aromatic heterocycles. The number of anilines is 2. The number of benzene rings is 1. The fraction of sp³-hybridized carbons (Fsp3) is 0.267. The van der Waals surface area contributed by atoms with Crippen LogP contribution in [-0.2, 0) is 12.4 Å². The lowest BCUT2D eigenvalue weighted by Crippen LogP contribution is -2.17. The number of alkyl halides is 6. The quantitative estimate of drug-likeness (QED) is 0.558. The van der Waals surface area contributed by atoms with Gasteiger partial charge in [0.15, 0.2) is 11.3 Å². The van der Waals surface area contributed by atoms with E-state index in [1.165, 1.54) is 19.0 Å². The molecule has 0 saturated heterocycles. The number of nitrogens with zero attached hydrogens (tertiary/aromatic N) is 5. The molecule has 2 N–H and O–H groups in total. The summed E-state index contributed by atoms with van der Waals surface area (Å²) in [7, 11) is 2.84. The van der Waals surface area contributed by atoms with Crippen LogP contribution in [0.1, 0.15) is 11.3 Å². The van der Waals surface area contributed by atoms with Gasteiger partial charge in [0.25, 0.3) is 0 Å². The fourth-order valence-electron chi connectivity index (χ4n) is 2.51. The molecule has 14 heteroatoms. The SMILES string of the molecule is CN(C)c1nc(C(F)(F)F)c2c(N)n(-c3c(Cl)cc(C(F)(F)F)cc3Cl)nc2n1. The summed E-state index contributed by atoms with van der Waals surface area (Å²) >= 11 is 11.8. The Bertz CT molecular complexity index is 1080. The van der Waals surface area contributed by atoms with E-state index in [0.29, 0.717) is 16.8 Å². The van der Waals surface area contributed by atoms with Crippen molar-refractivity contribution < 1.29 is 26.3 Å². The van der Waals surface area contributed by atoms with Gasteiger partial charge in [0.1, 0.15) is 11.5 Å². The zero-order valence-electron chi connectivity index (χ0n) is 14.5. The summed E-state index contributed by atoms with van der Waals surface area (Å²) in [5.74, 6) is -0.875. The highest BCUT2D eigenvalue weighted by Gasteiger charge is 2.39. The smallest absolute Gasteiger partial charge is 0.383 e. The van der Waals surface area contributed by atoms with Gasteiger partial charge >= 0.3 is 12.4 Å². The van der Waals surface area contributed by atoms with Crippen LogP contribution >= 0.6 is 23.2 Å². The molecule has 0 aliphatic heterocycles. The van der Waals surface area contributed by atoms with Crippen molar-refractivity contribution in [2.24, 2.45) is 0 Å². The normalized spacial score (nSPS) is 12.6. The molecule has 0 saturated carbocycles. The predicted octanol–water partition coefficient (Wildman–Crippen LogP) is 4.81. The van der Waals surface area contributed by atoms with Gasteiger partial charge in [0, 0.05) is 14.1 Å². The highest BCUT2D eigenvalue weighted by Crippen LogP contribution is 2.41. The lowest BCUT2D eigenvalue weighted by molar-refractivity contribution is -0.140. The van der Waals surface area contributed by atoms with Gasteiger partial charge in [-0.1, -0.05) is 23.2 Å². The summed E-state index contributed by atoms with van der Waals surface area (Å²) in [6.45, 7) is 0. The van der Waals surface area contributed by atoms with Crippen LogP contribution < -0.4 is 10.6 Å². The van der Waals surface area contributed by atoms with Gasteiger partial charge in [0.2, 0.25) is 5.95 Å². The van der Waals surface area contributed by atoms with Crippen molar-refractivity contribution in [3.8, 4) is 5.69 Å². The first-order valence-corrected chi connectivity index (χ1v) is 8.34. The van der Waals surface area contributed by atoms with Gasteiger partial charge in [-0.15, -0.1) is 5.10 Å². The van der Waals surface area contributed by atoms with E-state index in [2.05, 4.69) is 15.1 Å². The van der Waals surface area contributed by atoms with E-state index >= 15 is 0 Å². The van der Waals surface area contributed by atoms with E-state index in [1.54, 1.807) is 0 Å². The van der Waals surface area contributed by atoms with Crippen molar-refractivity contribution in [3.05, 3.63) is 33.4 Å². The van der Waals surface area contributed by atoms with E-state index in [4.69, 9.17) is 28.9 Å². The van der Waals surface area contributed by atoms with Crippen LogP contribution in [0.5, 0.6) is 0 Å². The zero-order valence-corrected chi connectivity index (χ0v) is 16.0. The number of rotatable bonds is 2. The second-order valence-corrected chi connectivity index (χ2v) is 6.86. The maximum absolute atomic E-state index is 13.5. The van der Waals surface area contributed by atoms with E-state index in [1.807, 2.05) is 0 Å². The third kappa shape index (κ3) is 3.73. The number of halogens is 8. The first-order valence-electron chi connectivity index (χ1n) is 7.59. The molecule has 0 unspecified atom stereocenters. The molecule has 29 heavy (non-hydrogen) atoms. The standard InChI is InChI=1S/C15H10Cl2F6N6/c1-28(2)13-25-10(15(21,22)23)8-11(24)29(27-12(8)26-13)9-6(16)3-5(4-7(9)17)14(18,19)20/h3-4H,24H2,1-2H3. The minimum atomic E-state index is -4.90. The molecule has 0 spiro atoms. The maximum Gasteiger partial charge on any atom is 0.434 e. The molecule has 0 bridgehead atoms. The summed E-state index contributed by atoms with van der Waals surface area (Å²) in [4.78, 5) is 8.61. The van der Waals surface area contributed by atoms with Gasteiger partial charge in [0.05, 0.1) is 21.0 Å². The summed E-state index contributed by atoms with van der Waals surface area (Å²) in [6, 6.07) is 1.13. The Morgan fingerprint density at radius 1 is 0.966 bits per heavy atom. The van der Waals surface area contributed by atoms with E-state index in [0.717, 1.165) is 0 Å². The molecule has 3 aromatic rings.